The Morgan fingerprint density at radius 3 is 2.42 bits per heavy atom. The van der Waals surface area contributed by atoms with Gasteiger partial charge >= 0.3 is 0 Å². The van der Waals surface area contributed by atoms with Crippen molar-refractivity contribution in [2.45, 2.75) is 85.7 Å². The molecule has 0 heterocycles. The third-order valence-corrected chi connectivity index (χ3v) is 7.05. The van der Waals surface area contributed by atoms with Gasteiger partial charge in [0.1, 0.15) is 0 Å². The molecule has 0 spiro atoms. The lowest BCUT2D eigenvalue weighted by molar-refractivity contribution is -0.120. The lowest BCUT2D eigenvalue weighted by atomic mass is 9.46. The van der Waals surface area contributed by atoms with Crippen molar-refractivity contribution in [1.29, 1.82) is 0 Å². The second-order valence-electron chi connectivity index (χ2n) is 8.19. The lowest BCUT2D eigenvalue weighted by Crippen LogP contribution is -2.52. The van der Waals surface area contributed by atoms with E-state index in [0.29, 0.717) is 10.8 Å². The Morgan fingerprint density at radius 2 is 1.84 bits per heavy atom. The second kappa shape index (κ2) is 5.39. The van der Waals surface area contributed by atoms with Crippen LogP contribution in [0.25, 0.3) is 0 Å². The van der Waals surface area contributed by atoms with Crippen molar-refractivity contribution in [1.82, 2.24) is 0 Å². The van der Waals surface area contributed by atoms with Crippen LogP contribution in [0.15, 0.2) is 0 Å². The summed E-state index contributed by atoms with van der Waals surface area (Å²) in [6, 6.07) is 0. The Hall–Kier alpha value is -0.0400. The number of fused-ring (bicyclic) bond motifs is 2. The first kappa shape index (κ1) is 15.4. The van der Waals surface area contributed by atoms with E-state index in [-0.39, 0.29) is 6.10 Å². The average molecular weight is 266 g/mol. The molecule has 2 fully saturated rings. The van der Waals surface area contributed by atoms with Crippen molar-refractivity contribution in [2.75, 3.05) is 0 Å². The molecule has 0 radical (unpaired) electrons. The zero-order chi connectivity index (χ0) is 14.3. The van der Waals surface area contributed by atoms with Gasteiger partial charge in [-0.3, -0.25) is 0 Å². The van der Waals surface area contributed by atoms with Gasteiger partial charge in [0, 0.05) is 0 Å². The molecule has 2 aliphatic carbocycles. The quantitative estimate of drug-likeness (QED) is 0.757. The fraction of sp³-hybridized carbons (Fsp3) is 1.00. The van der Waals surface area contributed by atoms with Crippen LogP contribution in [0.3, 0.4) is 0 Å². The maximum Gasteiger partial charge on any atom is 0.0548 e. The summed E-state index contributed by atoms with van der Waals surface area (Å²) in [6.07, 6.45) is 8.75. The van der Waals surface area contributed by atoms with Crippen LogP contribution < -0.4 is 0 Å². The number of hydrogen-bond acceptors (Lipinski definition) is 1. The van der Waals surface area contributed by atoms with Crippen molar-refractivity contribution < 1.29 is 5.11 Å². The van der Waals surface area contributed by atoms with Gasteiger partial charge in [-0.2, -0.15) is 0 Å². The molecule has 1 nitrogen and oxygen atoms in total. The first-order valence-electron chi connectivity index (χ1n) is 8.52. The van der Waals surface area contributed by atoms with E-state index in [1.807, 2.05) is 0 Å². The molecule has 112 valence electrons. The predicted octanol–water partition coefficient (Wildman–Crippen LogP) is 5.03. The minimum atomic E-state index is -0.0418. The molecule has 19 heavy (non-hydrogen) atoms. The Bertz CT molecular complexity index is 305. The highest BCUT2D eigenvalue weighted by Gasteiger charge is 2.54. The van der Waals surface area contributed by atoms with Crippen LogP contribution in [0, 0.1) is 28.6 Å². The molecule has 0 aromatic heterocycles. The molecule has 0 amide bonds. The van der Waals surface area contributed by atoms with Gasteiger partial charge in [-0.25, -0.2) is 0 Å². The van der Waals surface area contributed by atoms with Crippen molar-refractivity contribution in [2.24, 2.45) is 28.6 Å². The fourth-order valence-corrected chi connectivity index (χ4v) is 5.23. The minimum absolute atomic E-state index is 0.0418. The highest BCUT2D eigenvalue weighted by molar-refractivity contribution is 5.04. The van der Waals surface area contributed by atoms with Crippen LogP contribution in [-0.4, -0.2) is 11.2 Å². The first-order chi connectivity index (χ1) is 8.84. The van der Waals surface area contributed by atoms with Crippen molar-refractivity contribution in [3.63, 3.8) is 0 Å². The SMILES string of the molecule is CCC1CC2CC(O)CC(C(C)(C)C(C)CC)(C1)C2. The predicted molar refractivity (Wildman–Crippen MR) is 82.0 cm³/mol. The number of rotatable bonds is 4. The van der Waals surface area contributed by atoms with Gasteiger partial charge in [-0.15, -0.1) is 0 Å². The van der Waals surface area contributed by atoms with E-state index in [0.717, 1.165) is 30.6 Å². The van der Waals surface area contributed by atoms with E-state index in [1.54, 1.807) is 0 Å². The van der Waals surface area contributed by atoms with Gasteiger partial charge in [0.25, 0.3) is 0 Å². The molecule has 1 heteroatoms. The second-order valence-corrected chi connectivity index (χ2v) is 8.19. The van der Waals surface area contributed by atoms with Gasteiger partial charge in [-0.1, -0.05) is 47.5 Å². The zero-order valence-electron chi connectivity index (χ0n) is 13.7. The normalized spacial score (nSPS) is 41.1. The maximum absolute atomic E-state index is 10.4. The molecular formula is C18H34O. The highest BCUT2D eigenvalue weighted by atomic mass is 16.3. The summed E-state index contributed by atoms with van der Waals surface area (Å²) in [5, 5.41) is 10.4. The number of aliphatic hydroxyl groups excluding tert-OH is 1. The van der Waals surface area contributed by atoms with Crippen LogP contribution in [0.1, 0.15) is 79.6 Å². The van der Waals surface area contributed by atoms with E-state index >= 15 is 0 Å². The highest BCUT2D eigenvalue weighted by Crippen LogP contribution is 2.62. The molecule has 0 aromatic rings. The average Bonchev–Trinajstić information content (AvgIpc) is 2.35. The topological polar surface area (TPSA) is 20.2 Å². The third kappa shape index (κ3) is 2.60. The van der Waals surface area contributed by atoms with E-state index in [9.17, 15) is 5.11 Å². The van der Waals surface area contributed by atoms with Gasteiger partial charge in [0.05, 0.1) is 6.10 Å². The van der Waals surface area contributed by atoms with E-state index in [4.69, 9.17) is 0 Å². The molecule has 0 aromatic carbocycles. The summed E-state index contributed by atoms with van der Waals surface area (Å²) < 4.78 is 0. The monoisotopic (exact) mass is 266 g/mol. The van der Waals surface area contributed by atoms with E-state index in [1.165, 1.54) is 32.1 Å². The van der Waals surface area contributed by atoms with Gasteiger partial charge in [0.15, 0.2) is 0 Å². The Kier molecular flexibility index (Phi) is 4.35. The summed E-state index contributed by atoms with van der Waals surface area (Å²) in [4.78, 5) is 0. The summed E-state index contributed by atoms with van der Waals surface area (Å²) in [6.45, 7) is 12.1. The number of aliphatic hydroxyl groups is 1. The van der Waals surface area contributed by atoms with Crippen LogP contribution in [0.5, 0.6) is 0 Å². The molecule has 2 aliphatic rings. The van der Waals surface area contributed by atoms with Crippen molar-refractivity contribution >= 4 is 0 Å². The van der Waals surface area contributed by atoms with Gasteiger partial charge < -0.3 is 5.11 Å². The number of hydrogen-bond donors (Lipinski definition) is 1. The van der Waals surface area contributed by atoms with Crippen LogP contribution in [-0.2, 0) is 0 Å². The smallest absolute Gasteiger partial charge is 0.0548 e. The Morgan fingerprint density at radius 1 is 1.16 bits per heavy atom. The first-order valence-corrected chi connectivity index (χ1v) is 8.52. The standard InChI is InChI=1S/C18H34O/c1-6-13(3)17(4,5)18-10-14(7-2)8-15(11-18)9-16(19)12-18/h13-16,19H,6-12H2,1-5H3. The van der Waals surface area contributed by atoms with Crippen molar-refractivity contribution in [3.8, 4) is 0 Å². The summed E-state index contributed by atoms with van der Waals surface area (Å²) in [5.41, 5.74) is 0.749. The molecule has 5 unspecified atom stereocenters. The van der Waals surface area contributed by atoms with Gasteiger partial charge in [-0.05, 0) is 60.7 Å². The summed E-state index contributed by atoms with van der Waals surface area (Å²) in [5.74, 6) is 2.43. The molecule has 5 atom stereocenters. The zero-order valence-corrected chi connectivity index (χ0v) is 13.7. The molecule has 2 bridgehead atoms. The summed E-state index contributed by atoms with van der Waals surface area (Å²) in [7, 11) is 0. The van der Waals surface area contributed by atoms with Crippen molar-refractivity contribution in [3.05, 3.63) is 0 Å². The molecule has 2 saturated carbocycles. The Balaban J connectivity index is 2.31. The molecule has 0 saturated heterocycles. The largest absolute Gasteiger partial charge is 0.393 e. The van der Waals surface area contributed by atoms with Gasteiger partial charge in [0.2, 0.25) is 0 Å². The summed E-state index contributed by atoms with van der Waals surface area (Å²) >= 11 is 0. The fourth-order valence-electron chi connectivity index (χ4n) is 5.23. The molecule has 1 N–H and O–H groups in total. The maximum atomic E-state index is 10.4. The van der Waals surface area contributed by atoms with Crippen LogP contribution in [0.2, 0.25) is 0 Å². The molecular weight excluding hydrogens is 232 g/mol. The molecule has 2 rings (SSSR count). The lowest BCUT2D eigenvalue weighted by Gasteiger charge is -2.59. The van der Waals surface area contributed by atoms with E-state index < -0.39 is 0 Å². The minimum Gasteiger partial charge on any atom is -0.393 e. The molecule has 0 aliphatic heterocycles. The van der Waals surface area contributed by atoms with Crippen LogP contribution >= 0.6 is 0 Å². The Labute approximate surface area is 120 Å². The van der Waals surface area contributed by atoms with E-state index in [2.05, 4.69) is 34.6 Å². The van der Waals surface area contributed by atoms with Crippen LogP contribution in [0.4, 0.5) is 0 Å². The third-order valence-electron chi connectivity index (χ3n) is 7.05.